The van der Waals surface area contributed by atoms with E-state index in [1.54, 1.807) is 24.4 Å². The van der Waals surface area contributed by atoms with Crippen LogP contribution in [0.2, 0.25) is 0 Å². The number of nitrogens with zero attached hydrogens (tertiary/aromatic N) is 3. The van der Waals surface area contributed by atoms with Gasteiger partial charge >= 0.3 is 0 Å². The fourth-order valence-electron chi connectivity index (χ4n) is 2.52. The van der Waals surface area contributed by atoms with Gasteiger partial charge in [0.15, 0.2) is 5.17 Å². The van der Waals surface area contributed by atoms with Gasteiger partial charge in [0.05, 0.1) is 16.4 Å². The van der Waals surface area contributed by atoms with E-state index in [-0.39, 0.29) is 18.0 Å². The third kappa shape index (κ3) is 4.15. The van der Waals surface area contributed by atoms with Crippen LogP contribution in [0.25, 0.3) is 0 Å². The number of para-hydroxylation sites is 1. The van der Waals surface area contributed by atoms with Crippen molar-refractivity contribution < 1.29 is 9.72 Å². The number of aryl methyl sites for hydroxylation is 1. The van der Waals surface area contributed by atoms with E-state index in [0.717, 1.165) is 11.1 Å². The van der Waals surface area contributed by atoms with Crippen molar-refractivity contribution in [3.63, 3.8) is 0 Å². The number of hydrogen-bond donors (Lipinski definition) is 1. The highest BCUT2D eigenvalue weighted by molar-refractivity contribution is 8.15. The van der Waals surface area contributed by atoms with Crippen molar-refractivity contribution >= 4 is 34.7 Å². The highest BCUT2D eigenvalue weighted by Crippen LogP contribution is 2.27. The molecule has 1 N–H and O–H groups in total. The number of rotatable bonds is 5. The zero-order valence-corrected chi connectivity index (χ0v) is 14.8. The maximum atomic E-state index is 12.1. The summed E-state index contributed by atoms with van der Waals surface area (Å²) in [6.07, 6.45) is 1.89. The summed E-state index contributed by atoms with van der Waals surface area (Å²) < 4.78 is 0. The van der Waals surface area contributed by atoms with Gasteiger partial charge in [0.25, 0.3) is 5.69 Å². The van der Waals surface area contributed by atoms with Crippen LogP contribution in [0, 0.1) is 17.0 Å². The van der Waals surface area contributed by atoms with Crippen molar-refractivity contribution in [3.05, 3.63) is 75.3 Å². The van der Waals surface area contributed by atoms with Gasteiger partial charge in [-0.05, 0) is 18.1 Å². The number of benzene rings is 2. The van der Waals surface area contributed by atoms with Crippen molar-refractivity contribution in [3.8, 4) is 0 Å². The molecule has 1 atom stereocenters. The van der Waals surface area contributed by atoms with E-state index < -0.39 is 10.2 Å². The monoisotopic (exact) mass is 368 g/mol. The molecule has 0 aromatic heterocycles. The van der Waals surface area contributed by atoms with Crippen LogP contribution in [0.3, 0.4) is 0 Å². The van der Waals surface area contributed by atoms with Gasteiger partial charge in [-0.15, -0.1) is 5.10 Å². The van der Waals surface area contributed by atoms with Crippen LogP contribution in [0.15, 0.2) is 58.7 Å². The van der Waals surface area contributed by atoms with Gasteiger partial charge < -0.3 is 5.32 Å². The van der Waals surface area contributed by atoms with Gasteiger partial charge in [0, 0.05) is 18.1 Å². The molecule has 7 nitrogen and oxygen atoms in total. The van der Waals surface area contributed by atoms with Gasteiger partial charge in [0.2, 0.25) is 5.91 Å². The minimum atomic E-state index is -0.469. The van der Waals surface area contributed by atoms with E-state index in [2.05, 4.69) is 15.5 Å². The molecule has 0 aliphatic carbocycles. The SMILES string of the molecule is Cc1ccccc1/C=N/N=C1\NC(=O)C(Cc2ccccc2[N+](=O)[O-])S1. The number of hydrogen-bond acceptors (Lipinski definition) is 6. The molecule has 0 radical (unpaired) electrons. The molecular weight excluding hydrogens is 352 g/mol. The first-order chi connectivity index (χ1) is 12.5. The lowest BCUT2D eigenvalue weighted by Gasteiger charge is -2.05. The summed E-state index contributed by atoms with van der Waals surface area (Å²) in [6, 6.07) is 14.2. The highest BCUT2D eigenvalue weighted by atomic mass is 32.2. The summed E-state index contributed by atoms with van der Waals surface area (Å²) in [5.41, 5.74) is 2.56. The number of thioether (sulfide) groups is 1. The standard InChI is InChI=1S/C18H16N4O3S/c1-12-6-2-3-8-14(12)11-19-21-18-20-17(23)16(26-18)10-13-7-4-5-9-15(13)22(24)25/h2-9,11,16H,10H2,1H3,(H,20,21,23)/b19-11+. The number of amides is 1. The minimum Gasteiger partial charge on any atom is -0.303 e. The van der Waals surface area contributed by atoms with Crippen molar-refractivity contribution in [1.29, 1.82) is 0 Å². The van der Waals surface area contributed by atoms with Crippen LogP contribution in [0.5, 0.6) is 0 Å². The van der Waals surface area contributed by atoms with Crippen LogP contribution >= 0.6 is 11.8 Å². The molecule has 1 heterocycles. The number of carbonyl (C=O) groups excluding carboxylic acids is 1. The minimum absolute atomic E-state index is 0.0175. The van der Waals surface area contributed by atoms with Gasteiger partial charge in [-0.25, -0.2) is 0 Å². The van der Waals surface area contributed by atoms with Gasteiger partial charge in [0.1, 0.15) is 0 Å². The Labute approximate surface area is 154 Å². The molecule has 2 aromatic rings. The topological polar surface area (TPSA) is 97.0 Å². The Morgan fingerprint density at radius 2 is 1.96 bits per heavy atom. The van der Waals surface area contributed by atoms with Crippen LogP contribution in [-0.4, -0.2) is 27.5 Å². The quantitative estimate of drug-likeness (QED) is 0.498. The zero-order valence-electron chi connectivity index (χ0n) is 14.0. The summed E-state index contributed by atoms with van der Waals surface area (Å²) in [5, 5.41) is 21.8. The molecule has 1 aliphatic heterocycles. The second-order valence-corrected chi connectivity index (χ2v) is 6.88. The fourth-order valence-corrected chi connectivity index (χ4v) is 3.48. The Kier molecular flexibility index (Phi) is 5.43. The van der Waals surface area contributed by atoms with Gasteiger partial charge in [-0.2, -0.15) is 5.10 Å². The first kappa shape index (κ1) is 17.8. The van der Waals surface area contributed by atoms with Crippen molar-refractivity contribution in [2.75, 3.05) is 0 Å². The predicted molar refractivity (Wildman–Crippen MR) is 103 cm³/mol. The first-order valence-corrected chi connectivity index (χ1v) is 8.79. The van der Waals surface area contributed by atoms with E-state index in [9.17, 15) is 14.9 Å². The third-order valence-corrected chi connectivity index (χ3v) is 4.98. The lowest BCUT2D eigenvalue weighted by molar-refractivity contribution is -0.385. The second-order valence-electron chi connectivity index (χ2n) is 5.69. The van der Waals surface area contributed by atoms with E-state index in [1.165, 1.54) is 17.8 Å². The largest absolute Gasteiger partial charge is 0.303 e. The Morgan fingerprint density at radius 3 is 2.73 bits per heavy atom. The average Bonchev–Trinajstić information content (AvgIpc) is 2.96. The summed E-state index contributed by atoms with van der Waals surface area (Å²) in [7, 11) is 0. The molecule has 0 bridgehead atoms. The molecule has 3 rings (SSSR count). The summed E-state index contributed by atoms with van der Waals surface area (Å²) in [6.45, 7) is 1.98. The smallest absolute Gasteiger partial charge is 0.272 e. The number of amidine groups is 1. The first-order valence-electron chi connectivity index (χ1n) is 7.91. The van der Waals surface area contributed by atoms with Gasteiger partial charge in [-0.1, -0.05) is 54.2 Å². The molecule has 1 unspecified atom stereocenters. The van der Waals surface area contributed by atoms with Crippen molar-refractivity contribution in [1.82, 2.24) is 5.32 Å². The maximum absolute atomic E-state index is 12.1. The molecule has 8 heteroatoms. The molecule has 1 aliphatic rings. The Hall–Kier alpha value is -3.00. The van der Waals surface area contributed by atoms with Crippen LogP contribution < -0.4 is 5.32 Å². The molecule has 0 saturated carbocycles. The summed E-state index contributed by atoms with van der Waals surface area (Å²) in [4.78, 5) is 22.8. The van der Waals surface area contributed by atoms with Crippen molar-refractivity contribution in [2.45, 2.75) is 18.6 Å². The van der Waals surface area contributed by atoms with E-state index in [4.69, 9.17) is 0 Å². The molecule has 26 heavy (non-hydrogen) atoms. The third-order valence-electron chi connectivity index (χ3n) is 3.90. The second kappa shape index (κ2) is 7.92. The van der Waals surface area contributed by atoms with Gasteiger partial charge in [-0.3, -0.25) is 14.9 Å². The Bertz CT molecular complexity index is 911. The number of nitro benzene ring substituents is 1. The van der Waals surface area contributed by atoms with E-state index in [1.807, 2.05) is 31.2 Å². The van der Waals surface area contributed by atoms with Crippen molar-refractivity contribution in [2.24, 2.45) is 10.2 Å². The number of nitrogens with one attached hydrogen (secondary N) is 1. The Morgan fingerprint density at radius 1 is 1.23 bits per heavy atom. The van der Waals surface area contributed by atoms with Crippen LogP contribution in [0.4, 0.5) is 5.69 Å². The normalized spacial score (nSPS) is 18.4. The summed E-state index contributed by atoms with van der Waals surface area (Å²) >= 11 is 1.23. The molecule has 1 amide bonds. The van der Waals surface area contributed by atoms with Crippen LogP contribution in [0.1, 0.15) is 16.7 Å². The number of carbonyl (C=O) groups is 1. The molecule has 0 spiro atoms. The molecular formula is C18H16N4O3S. The molecule has 1 saturated heterocycles. The average molecular weight is 368 g/mol. The fraction of sp³-hybridized carbons (Fsp3) is 0.167. The number of nitro groups is 1. The Balaban J connectivity index is 1.69. The van der Waals surface area contributed by atoms with Crippen LogP contribution in [-0.2, 0) is 11.2 Å². The highest BCUT2D eigenvalue weighted by Gasteiger charge is 2.32. The molecule has 2 aromatic carbocycles. The molecule has 1 fully saturated rings. The van der Waals surface area contributed by atoms with E-state index >= 15 is 0 Å². The lowest BCUT2D eigenvalue weighted by atomic mass is 10.1. The lowest BCUT2D eigenvalue weighted by Crippen LogP contribution is -2.26. The van der Waals surface area contributed by atoms with E-state index in [0.29, 0.717) is 10.7 Å². The molecule has 132 valence electrons. The summed E-state index contributed by atoms with van der Waals surface area (Å²) in [5.74, 6) is -0.224. The zero-order chi connectivity index (χ0) is 18.5. The predicted octanol–water partition coefficient (Wildman–Crippen LogP) is 3.07. The maximum Gasteiger partial charge on any atom is 0.272 e.